The summed E-state index contributed by atoms with van der Waals surface area (Å²) in [7, 11) is 0. The minimum absolute atomic E-state index is 0.481. The Bertz CT molecular complexity index is 347. The van der Waals surface area contributed by atoms with E-state index in [1.54, 1.807) is 0 Å². The number of benzene rings is 1. The van der Waals surface area contributed by atoms with Crippen molar-refractivity contribution in [1.29, 1.82) is 0 Å². The fourth-order valence-electron chi connectivity index (χ4n) is 0.916. The molecule has 0 aliphatic rings. The van der Waals surface area contributed by atoms with Crippen molar-refractivity contribution >= 4 is 0 Å². The van der Waals surface area contributed by atoms with Crippen LogP contribution in [0, 0.1) is 0 Å². The number of hydrogen-bond donors (Lipinski definition) is 1. The van der Waals surface area contributed by atoms with Crippen LogP contribution in [0.5, 0.6) is 11.5 Å². The van der Waals surface area contributed by atoms with Crippen LogP contribution in [0.25, 0.3) is 0 Å². The summed E-state index contributed by atoms with van der Waals surface area (Å²) in [6.07, 6.45) is -8.18. The van der Waals surface area contributed by atoms with Gasteiger partial charge in [0.05, 0.1) is 5.56 Å². The van der Waals surface area contributed by atoms with Crippen molar-refractivity contribution in [2.45, 2.75) is 12.8 Å². The highest BCUT2D eigenvalue weighted by atomic mass is 19.4. The third-order valence-corrected chi connectivity index (χ3v) is 1.46. The maximum atomic E-state index is 12.2. The van der Waals surface area contributed by atoms with Gasteiger partial charge in [0.15, 0.2) is 0 Å². The fraction of sp³-hybridized carbons (Fsp3) is 0.250. The van der Waals surface area contributed by atoms with E-state index in [9.17, 15) is 22.0 Å². The Hall–Kier alpha value is -1.53. The summed E-state index contributed by atoms with van der Waals surface area (Å²) in [6.45, 7) is 0. The first kappa shape index (κ1) is 11.5. The lowest BCUT2D eigenvalue weighted by molar-refractivity contribution is -0.275. The maximum Gasteiger partial charge on any atom is 0.573 e. The standard InChI is InChI=1S/C8H5F5O2/c9-7(10)5-2-1-4(14)3-6(5)15-8(11,12)13/h1-3,7,14H. The molecular weight excluding hydrogens is 223 g/mol. The summed E-state index contributed by atoms with van der Waals surface area (Å²) < 4.78 is 63.0. The number of hydrogen-bond acceptors (Lipinski definition) is 2. The third kappa shape index (κ3) is 3.26. The van der Waals surface area contributed by atoms with Gasteiger partial charge in [-0.1, -0.05) is 0 Å². The van der Waals surface area contributed by atoms with Crippen molar-refractivity contribution < 1.29 is 31.8 Å². The van der Waals surface area contributed by atoms with E-state index >= 15 is 0 Å². The highest BCUT2D eigenvalue weighted by Gasteiger charge is 2.33. The van der Waals surface area contributed by atoms with E-state index in [0.717, 1.165) is 6.07 Å². The lowest BCUT2D eigenvalue weighted by atomic mass is 10.2. The molecule has 0 unspecified atom stereocenters. The number of ether oxygens (including phenoxy) is 1. The van der Waals surface area contributed by atoms with Gasteiger partial charge >= 0.3 is 6.36 Å². The molecule has 0 aliphatic carbocycles. The van der Waals surface area contributed by atoms with Crippen LogP contribution >= 0.6 is 0 Å². The average Bonchev–Trinajstić information content (AvgIpc) is 1.99. The molecule has 1 N–H and O–H groups in total. The SMILES string of the molecule is Oc1ccc(C(F)F)c(OC(F)(F)F)c1. The molecule has 7 heteroatoms. The Kier molecular flexibility index (Phi) is 3.01. The van der Waals surface area contributed by atoms with Crippen LogP contribution in [0.15, 0.2) is 18.2 Å². The van der Waals surface area contributed by atoms with Gasteiger partial charge in [-0.3, -0.25) is 0 Å². The quantitative estimate of drug-likeness (QED) is 0.787. The number of aromatic hydroxyl groups is 1. The molecule has 0 saturated carbocycles. The minimum atomic E-state index is -5.07. The molecule has 0 fully saturated rings. The van der Waals surface area contributed by atoms with Crippen molar-refractivity contribution in [3.05, 3.63) is 23.8 Å². The maximum absolute atomic E-state index is 12.2. The minimum Gasteiger partial charge on any atom is -0.508 e. The molecule has 2 nitrogen and oxygen atoms in total. The van der Waals surface area contributed by atoms with E-state index in [4.69, 9.17) is 5.11 Å². The summed E-state index contributed by atoms with van der Waals surface area (Å²) in [5.41, 5.74) is -0.926. The van der Waals surface area contributed by atoms with Gasteiger partial charge in [-0.2, -0.15) is 0 Å². The smallest absolute Gasteiger partial charge is 0.508 e. The first-order valence-corrected chi connectivity index (χ1v) is 3.66. The van der Waals surface area contributed by atoms with Gasteiger partial charge in [0, 0.05) is 6.07 Å². The van der Waals surface area contributed by atoms with Crippen LogP contribution in [-0.2, 0) is 0 Å². The van der Waals surface area contributed by atoms with Crippen LogP contribution in [0.1, 0.15) is 12.0 Å². The monoisotopic (exact) mass is 228 g/mol. The number of rotatable bonds is 2. The predicted octanol–water partition coefficient (Wildman–Crippen LogP) is 3.23. The van der Waals surface area contributed by atoms with Crippen LogP contribution in [0.4, 0.5) is 22.0 Å². The Morgan fingerprint density at radius 2 is 1.80 bits per heavy atom. The first-order valence-electron chi connectivity index (χ1n) is 3.66. The molecule has 1 rings (SSSR count). The summed E-state index contributed by atoms with van der Waals surface area (Å²) in [5.74, 6) is -1.68. The molecule has 0 amide bonds. The topological polar surface area (TPSA) is 29.5 Å². The first-order chi connectivity index (χ1) is 6.79. The average molecular weight is 228 g/mol. The van der Waals surface area contributed by atoms with E-state index in [-0.39, 0.29) is 0 Å². The molecule has 0 radical (unpaired) electrons. The second-order valence-electron chi connectivity index (χ2n) is 2.57. The second-order valence-corrected chi connectivity index (χ2v) is 2.57. The van der Waals surface area contributed by atoms with Crippen LogP contribution in [0.2, 0.25) is 0 Å². The lowest BCUT2D eigenvalue weighted by Gasteiger charge is -2.12. The molecule has 0 aromatic heterocycles. The van der Waals surface area contributed by atoms with Gasteiger partial charge in [-0.25, -0.2) is 8.78 Å². The van der Waals surface area contributed by atoms with Gasteiger partial charge in [0.25, 0.3) is 6.43 Å². The molecule has 15 heavy (non-hydrogen) atoms. The number of phenolic OH excluding ortho intramolecular Hbond substituents is 1. The van der Waals surface area contributed by atoms with Crippen LogP contribution in [-0.4, -0.2) is 11.5 Å². The molecule has 0 atom stereocenters. The van der Waals surface area contributed by atoms with Crippen molar-refractivity contribution in [2.75, 3.05) is 0 Å². The predicted molar refractivity (Wildman–Crippen MR) is 39.7 cm³/mol. The number of phenols is 1. The van der Waals surface area contributed by atoms with Gasteiger partial charge in [0.1, 0.15) is 11.5 Å². The van der Waals surface area contributed by atoms with E-state index in [0.29, 0.717) is 12.1 Å². The van der Waals surface area contributed by atoms with E-state index in [1.165, 1.54) is 0 Å². The van der Waals surface area contributed by atoms with Crippen molar-refractivity contribution in [3.63, 3.8) is 0 Å². The van der Waals surface area contributed by atoms with Crippen molar-refractivity contribution in [3.8, 4) is 11.5 Å². The molecular formula is C8H5F5O2. The summed E-state index contributed by atoms with van der Waals surface area (Å²) in [5, 5.41) is 8.82. The van der Waals surface area contributed by atoms with Gasteiger partial charge in [0.2, 0.25) is 0 Å². The molecule has 0 heterocycles. The zero-order valence-corrected chi connectivity index (χ0v) is 7.05. The fourth-order valence-corrected chi connectivity index (χ4v) is 0.916. The highest BCUT2D eigenvalue weighted by Crippen LogP contribution is 2.35. The van der Waals surface area contributed by atoms with E-state index in [1.807, 2.05) is 0 Å². The normalized spacial score (nSPS) is 11.9. The van der Waals surface area contributed by atoms with E-state index in [2.05, 4.69) is 4.74 Å². The Balaban J connectivity index is 3.08. The zero-order valence-electron chi connectivity index (χ0n) is 7.05. The Labute approximate surface area is 80.9 Å². The summed E-state index contributed by atoms with van der Waals surface area (Å²) >= 11 is 0. The summed E-state index contributed by atoms with van der Waals surface area (Å²) in [4.78, 5) is 0. The zero-order chi connectivity index (χ0) is 11.6. The molecule has 84 valence electrons. The Morgan fingerprint density at radius 1 is 1.20 bits per heavy atom. The van der Waals surface area contributed by atoms with Crippen LogP contribution < -0.4 is 4.74 Å². The van der Waals surface area contributed by atoms with E-state index < -0.39 is 29.9 Å². The molecule has 0 saturated heterocycles. The number of alkyl halides is 5. The molecule has 1 aromatic rings. The van der Waals surface area contributed by atoms with Gasteiger partial charge < -0.3 is 9.84 Å². The molecule has 0 spiro atoms. The largest absolute Gasteiger partial charge is 0.573 e. The molecule has 1 aromatic carbocycles. The van der Waals surface area contributed by atoms with Crippen LogP contribution in [0.3, 0.4) is 0 Å². The van der Waals surface area contributed by atoms with Crippen molar-refractivity contribution in [2.24, 2.45) is 0 Å². The van der Waals surface area contributed by atoms with Gasteiger partial charge in [-0.05, 0) is 12.1 Å². The second kappa shape index (κ2) is 3.92. The van der Waals surface area contributed by atoms with Crippen molar-refractivity contribution in [1.82, 2.24) is 0 Å². The summed E-state index contributed by atoms with van der Waals surface area (Å²) in [6, 6.07) is 2.00. The van der Waals surface area contributed by atoms with Gasteiger partial charge in [-0.15, -0.1) is 13.2 Å². The molecule has 0 bridgehead atoms. The molecule has 0 aliphatic heterocycles. The Morgan fingerprint density at radius 3 is 2.27 bits per heavy atom. The number of halogens is 5. The lowest BCUT2D eigenvalue weighted by Crippen LogP contribution is -2.18. The third-order valence-electron chi connectivity index (χ3n) is 1.46. The highest BCUT2D eigenvalue weighted by molar-refractivity contribution is 5.40.